The van der Waals surface area contributed by atoms with Crippen molar-refractivity contribution in [3.05, 3.63) is 71.5 Å². The Bertz CT molecular complexity index is 729. The molecule has 0 aliphatic carbocycles. The molecule has 2 aromatic carbocycles. The van der Waals surface area contributed by atoms with Gasteiger partial charge in [0.1, 0.15) is 5.82 Å². The maximum Gasteiger partial charge on any atom is 0.344 e. The summed E-state index contributed by atoms with van der Waals surface area (Å²) < 4.78 is 13.0. The smallest absolute Gasteiger partial charge is 0.322 e. The number of amides is 2. The zero-order chi connectivity index (χ0) is 17.2. The summed E-state index contributed by atoms with van der Waals surface area (Å²) in [7, 11) is 0. The fourth-order valence-corrected chi connectivity index (χ4v) is 3.58. The molecule has 2 fully saturated rings. The van der Waals surface area contributed by atoms with Crippen LogP contribution in [0.15, 0.2) is 54.6 Å². The van der Waals surface area contributed by atoms with Gasteiger partial charge in [0.2, 0.25) is 0 Å². The Kier molecular flexibility index (Phi) is 4.40. The first-order valence-corrected chi connectivity index (χ1v) is 8.71. The molecular formula is C20H21FN2O2. The molecule has 130 valence electrons. The molecule has 2 aromatic rings. The SMILES string of the molecule is O=C(N1CC(Cc2ccc(F)cc2)C1)N1OCC[C@H]1c1ccccc1. The molecule has 4 rings (SSSR count). The quantitative estimate of drug-likeness (QED) is 0.851. The van der Waals surface area contributed by atoms with E-state index in [9.17, 15) is 9.18 Å². The third-order valence-electron chi connectivity index (χ3n) is 4.94. The van der Waals surface area contributed by atoms with Crippen molar-refractivity contribution < 1.29 is 14.0 Å². The van der Waals surface area contributed by atoms with Gasteiger partial charge in [0, 0.05) is 19.5 Å². The summed E-state index contributed by atoms with van der Waals surface area (Å²) in [5.41, 5.74) is 2.22. The molecule has 2 saturated heterocycles. The molecule has 2 aliphatic heterocycles. The van der Waals surface area contributed by atoms with Crippen LogP contribution in [0, 0.1) is 11.7 Å². The minimum Gasteiger partial charge on any atom is -0.322 e. The second-order valence-corrected chi connectivity index (χ2v) is 6.76. The van der Waals surface area contributed by atoms with Gasteiger partial charge >= 0.3 is 6.03 Å². The van der Waals surface area contributed by atoms with Gasteiger partial charge in [-0.1, -0.05) is 42.5 Å². The Hall–Kier alpha value is -2.40. The number of hydrogen-bond donors (Lipinski definition) is 0. The summed E-state index contributed by atoms with van der Waals surface area (Å²) in [6, 6.07) is 16.5. The lowest BCUT2D eigenvalue weighted by Gasteiger charge is -2.41. The number of rotatable bonds is 3. The number of benzene rings is 2. The van der Waals surface area contributed by atoms with E-state index < -0.39 is 0 Å². The highest BCUT2D eigenvalue weighted by molar-refractivity contribution is 5.75. The first-order chi connectivity index (χ1) is 12.2. The molecule has 0 aromatic heterocycles. The summed E-state index contributed by atoms with van der Waals surface area (Å²) in [6.45, 7) is 2.01. The summed E-state index contributed by atoms with van der Waals surface area (Å²) in [4.78, 5) is 20.2. The normalized spacial score (nSPS) is 20.6. The summed E-state index contributed by atoms with van der Waals surface area (Å²) in [6.07, 6.45) is 1.69. The third kappa shape index (κ3) is 3.37. The number of halogens is 1. The highest BCUT2D eigenvalue weighted by atomic mass is 19.1. The van der Waals surface area contributed by atoms with E-state index in [0.29, 0.717) is 12.5 Å². The highest BCUT2D eigenvalue weighted by Gasteiger charge is 2.39. The maximum atomic E-state index is 13.0. The maximum absolute atomic E-state index is 13.0. The van der Waals surface area contributed by atoms with E-state index in [1.807, 2.05) is 47.4 Å². The van der Waals surface area contributed by atoms with Gasteiger partial charge in [-0.2, -0.15) is 5.06 Å². The van der Waals surface area contributed by atoms with Crippen LogP contribution in [0.2, 0.25) is 0 Å². The standard InChI is InChI=1S/C20H21FN2O2/c21-18-8-6-15(7-9-18)12-16-13-22(14-16)20(24)23-19(10-11-25-23)17-4-2-1-3-5-17/h1-9,16,19H,10-14H2/t19-/m0/s1. The lowest BCUT2D eigenvalue weighted by atomic mass is 9.92. The second kappa shape index (κ2) is 6.84. The minimum absolute atomic E-state index is 0.00940. The van der Waals surface area contributed by atoms with Crippen molar-refractivity contribution in [2.24, 2.45) is 5.92 Å². The minimum atomic E-state index is -0.215. The van der Waals surface area contributed by atoms with Crippen molar-refractivity contribution in [2.75, 3.05) is 19.7 Å². The molecule has 25 heavy (non-hydrogen) atoms. The average molecular weight is 340 g/mol. The second-order valence-electron chi connectivity index (χ2n) is 6.76. The van der Waals surface area contributed by atoms with Crippen LogP contribution >= 0.6 is 0 Å². The van der Waals surface area contributed by atoms with Gasteiger partial charge in [-0.15, -0.1) is 0 Å². The Balaban J connectivity index is 1.34. The van der Waals surface area contributed by atoms with E-state index in [2.05, 4.69) is 0 Å². The molecule has 0 spiro atoms. The fraction of sp³-hybridized carbons (Fsp3) is 0.350. The number of carbonyl (C=O) groups is 1. The van der Waals surface area contributed by atoms with Gasteiger partial charge in [-0.3, -0.25) is 4.84 Å². The fourth-order valence-electron chi connectivity index (χ4n) is 3.58. The largest absolute Gasteiger partial charge is 0.344 e. The molecule has 0 radical (unpaired) electrons. The van der Waals surface area contributed by atoms with E-state index in [0.717, 1.165) is 37.1 Å². The molecule has 0 bridgehead atoms. The molecule has 0 unspecified atom stereocenters. The first-order valence-electron chi connectivity index (χ1n) is 8.71. The van der Waals surface area contributed by atoms with Crippen LogP contribution in [-0.4, -0.2) is 35.7 Å². The zero-order valence-electron chi connectivity index (χ0n) is 14.0. The topological polar surface area (TPSA) is 32.8 Å². The molecule has 1 atom stereocenters. The van der Waals surface area contributed by atoms with E-state index >= 15 is 0 Å². The number of likely N-dealkylation sites (tertiary alicyclic amines) is 1. The predicted octanol–water partition coefficient (Wildman–Crippen LogP) is 3.80. The molecular weight excluding hydrogens is 319 g/mol. The third-order valence-corrected chi connectivity index (χ3v) is 4.94. The lowest BCUT2D eigenvalue weighted by Crippen LogP contribution is -2.55. The van der Waals surface area contributed by atoms with Crippen molar-refractivity contribution in [1.82, 2.24) is 9.96 Å². The molecule has 2 aliphatic rings. The van der Waals surface area contributed by atoms with Crippen LogP contribution in [0.25, 0.3) is 0 Å². The average Bonchev–Trinajstić information content (AvgIpc) is 3.09. The predicted molar refractivity (Wildman–Crippen MR) is 92.2 cm³/mol. The van der Waals surface area contributed by atoms with Crippen LogP contribution in [-0.2, 0) is 11.3 Å². The lowest BCUT2D eigenvalue weighted by molar-refractivity contribution is -0.105. The van der Waals surface area contributed by atoms with Gasteiger partial charge in [0.25, 0.3) is 0 Å². The number of hydrogen-bond acceptors (Lipinski definition) is 2. The number of nitrogens with zero attached hydrogens (tertiary/aromatic N) is 2. The van der Waals surface area contributed by atoms with Gasteiger partial charge < -0.3 is 4.90 Å². The molecule has 0 saturated carbocycles. The molecule has 2 amide bonds. The summed E-state index contributed by atoms with van der Waals surface area (Å²) in [5, 5.41) is 1.53. The number of hydroxylamine groups is 2. The van der Waals surface area contributed by atoms with Crippen molar-refractivity contribution in [3.63, 3.8) is 0 Å². The van der Waals surface area contributed by atoms with Gasteiger partial charge in [-0.05, 0) is 35.6 Å². The van der Waals surface area contributed by atoms with Gasteiger partial charge in [0.05, 0.1) is 12.6 Å². The van der Waals surface area contributed by atoms with E-state index in [1.54, 1.807) is 0 Å². The van der Waals surface area contributed by atoms with E-state index in [4.69, 9.17) is 4.84 Å². The molecule has 5 heteroatoms. The van der Waals surface area contributed by atoms with Gasteiger partial charge in [-0.25, -0.2) is 9.18 Å². The Morgan fingerprint density at radius 2 is 1.80 bits per heavy atom. The van der Waals surface area contributed by atoms with Gasteiger partial charge in [0.15, 0.2) is 0 Å². The van der Waals surface area contributed by atoms with Crippen molar-refractivity contribution in [3.8, 4) is 0 Å². The van der Waals surface area contributed by atoms with Crippen molar-refractivity contribution in [2.45, 2.75) is 18.9 Å². The van der Waals surface area contributed by atoms with E-state index in [-0.39, 0.29) is 17.9 Å². The highest BCUT2D eigenvalue weighted by Crippen LogP contribution is 2.33. The summed E-state index contributed by atoms with van der Waals surface area (Å²) in [5.74, 6) is 0.208. The molecule has 0 N–H and O–H groups in total. The van der Waals surface area contributed by atoms with Crippen LogP contribution in [0.1, 0.15) is 23.6 Å². The summed E-state index contributed by atoms with van der Waals surface area (Å²) >= 11 is 0. The van der Waals surface area contributed by atoms with Crippen LogP contribution in [0.4, 0.5) is 9.18 Å². The number of carbonyl (C=O) groups excluding carboxylic acids is 1. The van der Waals surface area contributed by atoms with Crippen LogP contribution in [0.5, 0.6) is 0 Å². The molecule has 4 nitrogen and oxygen atoms in total. The van der Waals surface area contributed by atoms with Crippen LogP contribution < -0.4 is 0 Å². The van der Waals surface area contributed by atoms with Crippen molar-refractivity contribution >= 4 is 6.03 Å². The Morgan fingerprint density at radius 3 is 2.52 bits per heavy atom. The van der Waals surface area contributed by atoms with Crippen molar-refractivity contribution in [1.29, 1.82) is 0 Å². The van der Waals surface area contributed by atoms with Crippen LogP contribution in [0.3, 0.4) is 0 Å². The monoisotopic (exact) mass is 340 g/mol. The molecule has 2 heterocycles. The first kappa shape index (κ1) is 16.1. The number of urea groups is 1. The zero-order valence-corrected chi connectivity index (χ0v) is 14.0. The van der Waals surface area contributed by atoms with E-state index in [1.165, 1.54) is 17.2 Å². The Labute approximate surface area is 146 Å². The Morgan fingerprint density at radius 1 is 1.08 bits per heavy atom.